The zero-order chi connectivity index (χ0) is 15.1. The number of aliphatic imine (C=N–C) groups is 1. The van der Waals surface area contributed by atoms with Crippen LogP contribution in [0.3, 0.4) is 0 Å². The summed E-state index contributed by atoms with van der Waals surface area (Å²) in [6.45, 7) is 9.21. The maximum absolute atomic E-state index is 5.60. The third-order valence-electron chi connectivity index (χ3n) is 3.43. The second-order valence-corrected chi connectivity index (χ2v) is 5.58. The van der Waals surface area contributed by atoms with Crippen molar-refractivity contribution in [3.63, 3.8) is 0 Å². The van der Waals surface area contributed by atoms with Crippen molar-refractivity contribution in [1.82, 2.24) is 15.8 Å². The van der Waals surface area contributed by atoms with Crippen molar-refractivity contribution < 1.29 is 9.26 Å². The van der Waals surface area contributed by atoms with E-state index in [1.165, 1.54) is 0 Å². The van der Waals surface area contributed by atoms with E-state index in [-0.39, 0.29) is 24.0 Å². The molecule has 22 heavy (non-hydrogen) atoms. The normalized spacial score (nSPS) is 18.4. The minimum absolute atomic E-state index is 0. The third-order valence-corrected chi connectivity index (χ3v) is 3.43. The molecule has 1 atom stereocenters. The lowest BCUT2D eigenvalue weighted by Gasteiger charge is -2.14. The number of aromatic nitrogens is 1. The molecule has 1 aromatic heterocycles. The molecule has 1 unspecified atom stereocenters. The second-order valence-electron chi connectivity index (χ2n) is 5.58. The van der Waals surface area contributed by atoms with Gasteiger partial charge in [-0.25, -0.2) is 4.99 Å². The van der Waals surface area contributed by atoms with Crippen molar-refractivity contribution in [3.05, 3.63) is 17.5 Å². The fraction of sp³-hybridized carbons (Fsp3) is 0.733. The number of ether oxygens (including phenoxy) is 1. The van der Waals surface area contributed by atoms with E-state index < -0.39 is 0 Å². The Morgan fingerprint density at radius 3 is 2.86 bits per heavy atom. The average Bonchev–Trinajstić information content (AvgIpc) is 3.13. The molecule has 1 aliphatic rings. The Hall–Kier alpha value is -0.830. The van der Waals surface area contributed by atoms with Crippen molar-refractivity contribution in [3.8, 4) is 0 Å². The monoisotopic (exact) mass is 422 g/mol. The number of guanidine groups is 1. The molecule has 6 nitrogen and oxygen atoms in total. The van der Waals surface area contributed by atoms with Crippen LogP contribution in [0.4, 0.5) is 0 Å². The Morgan fingerprint density at radius 1 is 1.45 bits per heavy atom. The molecular formula is C15H27IN4O2. The van der Waals surface area contributed by atoms with E-state index in [0.717, 1.165) is 50.0 Å². The van der Waals surface area contributed by atoms with Crippen LogP contribution >= 0.6 is 24.0 Å². The van der Waals surface area contributed by atoms with Gasteiger partial charge in [-0.3, -0.25) is 0 Å². The highest BCUT2D eigenvalue weighted by molar-refractivity contribution is 14.0. The Morgan fingerprint density at radius 2 is 2.27 bits per heavy atom. The minimum Gasteiger partial charge on any atom is -0.376 e. The highest BCUT2D eigenvalue weighted by Gasteiger charge is 2.15. The molecule has 1 aromatic rings. The number of rotatable bonds is 6. The Balaban J connectivity index is 0.00000242. The molecule has 0 saturated carbocycles. The first-order valence-electron chi connectivity index (χ1n) is 7.78. The van der Waals surface area contributed by atoms with Crippen molar-refractivity contribution in [2.24, 2.45) is 4.99 Å². The number of hydrogen-bond acceptors (Lipinski definition) is 4. The summed E-state index contributed by atoms with van der Waals surface area (Å²) in [5, 5.41) is 10.6. The standard InChI is InChI=1S/C15H26N4O2.HI/c1-4-16-15(17-9-12-6-5-7-20-12)18-10-13-8-14(11(2)3)19-21-13;/h8,11-12H,4-7,9-10H2,1-3H3,(H2,16,17,18);1H. The molecule has 2 rings (SSSR count). The van der Waals surface area contributed by atoms with Gasteiger partial charge in [-0.2, -0.15) is 0 Å². The van der Waals surface area contributed by atoms with Crippen LogP contribution in [0.15, 0.2) is 15.6 Å². The first-order valence-corrected chi connectivity index (χ1v) is 7.78. The second kappa shape index (κ2) is 10.0. The smallest absolute Gasteiger partial charge is 0.191 e. The Kier molecular flexibility index (Phi) is 8.77. The van der Waals surface area contributed by atoms with Gasteiger partial charge in [-0.1, -0.05) is 19.0 Å². The Bertz CT molecular complexity index is 456. The molecule has 2 N–H and O–H groups in total. The van der Waals surface area contributed by atoms with E-state index in [9.17, 15) is 0 Å². The molecule has 7 heteroatoms. The minimum atomic E-state index is 0. The van der Waals surface area contributed by atoms with Gasteiger partial charge in [-0.05, 0) is 25.7 Å². The molecule has 0 spiro atoms. The van der Waals surface area contributed by atoms with E-state index in [2.05, 4.69) is 41.6 Å². The molecule has 1 fully saturated rings. The van der Waals surface area contributed by atoms with Crippen LogP contribution < -0.4 is 10.6 Å². The molecular weight excluding hydrogens is 395 g/mol. The van der Waals surface area contributed by atoms with Gasteiger partial charge in [0.25, 0.3) is 0 Å². The molecule has 0 radical (unpaired) electrons. The molecule has 2 heterocycles. The van der Waals surface area contributed by atoms with Gasteiger partial charge in [0.1, 0.15) is 6.54 Å². The van der Waals surface area contributed by atoms with Crippen LogP contribution in [0.25, 0.3) is 0 Å². The molecule has 0 aromatic carbocycles. The summed E-state index contributed by atoms with van der Waals surface area (Å²) < 4.78 is 10.9. The lowest BCUT2D eigenvalue weighted by atomic mass is 10.1. The zero-order valence-electron chi connectivity index (χ0n) is 13.6. The lowest BCUT2D eigenvalue weighted by molar-refractivity contribution is 0.114. The third kappa shape index (κ3) is 6.12. The number of nitrogens with one attached hydrogen (secondary N) is 2. The number of nitrogens with zero attached hydrogens (tertiary/aromatic N) is 2. The van der Waals surface area contributed by atoms with Gasteiger partial charge in [0.15, 0.2) is 11.7 Å². The maximum Gasteiger partial charge on any atom is 0.191 e. The van der Waals surface area contributed by atoms with Crippen LogP contribution in [0.5, 0.6) is 0 Å². The first-order chi connectivity index (χ1) is 10.2. The van der Waals surface area contributed by atoms with Crippen molar-refractivity contribution in [2.75, 3.05) is 19.7 Å². The fourth-order valence-electron chi connectivity index (χ4n) is 2.19. The van der Waals surface area contributed by atoms with Crippen LogP contribution in [-0.2, 0) is 11.3 Å². The summed E-state index contributed by atoms with van der Waals surface area (Å²) in [6.07, 6.45) is 2.56. The summed E-state index contributed by atoms with van der Waals surface area (Å²) in [7, 11) is 0. The molecule has 126 valence electrons. The molecule has 1 aliphatic heterocycles. The van der Waals surface area contributed by atoms with E-state index in [0.29, 0.717) is 18.6 Å². The topological polar surface area (TPSA) is 71.7 Å². The molecule has 0 amide bonds. The summed E-state index contributed by atoms with van der Waals surface area (Å²) >= 11 is 0. The van der Waals surface area contributed by atoms with Crippen LogP contribution in [0.1, 0.15) is 51.0 Å². The van der Waals surface area contributed by atoms with Gasteiger partial charge >= 0.3 is 0 Å². The zero-order valence-corrected chi connectivity index (χ0v) is 15.9. The van der Waals surface area contributed by atoms with Crippen molar-refractivity contribution in [1.29, 1.82) is 0 Å². The molecule has 0 bridgehead atoms. The average molecular weight is 422 g/mol. The molecule has 1 saturated heterocycles. The lowest BCUT2D eigenvalue weighted by Crippen LogP contribution is -2.41. The quantitative estimate of drug-likeness (QED) is 0.419. The van der Waals surface area contributed by atoms with E-state index in [4.69, 9.17) is 9.26 Å². The van der Waals surface area contributed by atoms with Gasteiger partial charge < -0.3 is 19.9 Å². The summed E-state index contributed by atoms with van der Waals surface area (Å²) in [4.78, 5) is 4.52. The van der Waals surface area contributed by atoms with E-state index >= 15 is 0 Å². The number of hydrogen-bond donors (Lipinski definition) is 2. The fourth-order valence-corrected chi connectivity index (χ4v) is 2.19. The van der Waals surface area contributed by atoms with Gasteiger partial charge in [-0.15, -0.1) is 24.0 Å². The van der Waals surface area contributed by atoms with Crippen molar-refractivity contribution >= 4 is 29.9 Å². The predicted molar refractivity (Wildman–Crippen MR) is 97.8 cm³/mol. The van der Waals surface area contributed by atoms with E-state index in [1.54, 1.807) is 0 Å². The maximum atomic E-state index is 5.60. The number of halogens is 1. The van der Waals surface area contributed by atoms with Crippen LogP contribution in [0.2, 0.25) is 0 Å². The van der Waals surface area contributed by atoms with E-state index in [1.807, 2.05) is 6.07 Å². The predicted octanol–water partition coefficient (Wildman–Crippen LogP) is 2.65. The SMILES string of the molecule is CCNC(=NCc1cc(C(C)C)no1)NCC1CCCO1.I. The van der Waals surface area contributed by atoms with Crippen LogP contribution in [0, 0.1) is 0 Å². The first kappa shape index (κ1) is 19.2. The highest BCUT2D eigenvalue weighted by Crippen LogP contribution is 2.14. The van der Waals surface area contributed by atoms with Crippen LogP contribution in [-0.4, -0.2) is 36.9 Å². The summed E-state index contributed by atoms with van der Waals surface area (Å²) in [5.74, 6) is 1.95. The summed E-state index contributed by atoms with van der Waals surface area (Å²) in [6, 6.07) is 1.97. The highest BCUT2D eigenvalue weighted by atomic mass is 127. The summed E-state index contributed by atoms with van der Waals surface area (Å²) in [5.41, 5.74) is 0.970. The van der Waals surface area contributed by atoms with Gasteiger partial charge in [0.05, 0.1) is 11.8 Å². The van der Waals surface area contributed by atoms with Gasteiger partial charge in [0, 0.05) is 25.8 Å². The van der Waals surface area contributed by atoms with Crippen molar-refractivity contribution in [2.45, 2.75) is 52.2 Å². The largest absolute Gasteiger partial charge is 0.376 e. The molecule has 0 aliphatic carbocycles. The Labute approximate surface area is 149 Å². The van der Waals surface area contributed by atoms with Gasteiger partial charge in [0.2, 0.25) is 0 Å².